The van der Waals surface area contributed by atoms with Crippen molar-refractivity contribution in [3.63, 3.8) is 0 Å². The first-order valence-corrected chi connectivity index (χ1v) is 4.61. The van der Waals surface area contributed by atoms with Crippen LogP contribution < -0.4 is 0 Å². The Balaban J connectivity index is 2.11. The van der Waals surface area contributed by atoms with E-state index < -0.39 is 0 Å². The first-order chi connectivity index (χ1) is 6.59. The number of cyclic esters (lactones) is 1. The Bertz CT molecular complexity index is 241. The van der Waals surface area contributed by atoms with Crippen LogP contribution in [-0.4, -0.2) is 24.6 Å². The summed E-state index contributed by atoms with van der Waals surface area (Å²) in [4.78, 5) is 21.3. The smallest absolute Gasteiger partial charge is 0.333 e. The maximum atomic E-state index is 10.9. The Labute approximate surface area is 82.9 Å². The van der Waals surface area contributed by atoms with E-state index in [0.717, 1.165) is 6.42 Å². The van der Waals surface area contributed by atoms with Crippen molar-refractivity contribution >= 4 is 11.9 Å². The van der Waals surface area contributed by atoms with Gasteiger partial charge in [0.2, 0.25) is 0 Å². The van der Waals surface area contributed by atoms with Crippen LogP contribution in [0.5, 0.6) is 0 Å². The zero-order chi connectivity index (χ0) is 10.6. The molecule has 0 aromatic rings. The zero-order valence-electron chi connectivity index (χ0n) is 8.25. The molecule has 0 saturated carbocycles. The lowest BCUT2D eigenvalue weighted by Crippen LogP contribution is -2.09. The number of hydrogen-bond donors (Lipinski definition) is 0. The van der Waals surface area contributed by atoms with E-state index in [4.69, 9.17) is 9.47 Å². The van der Waals surface area contributed by atoms with Crippen molar-refractivity contribution in [1.29, 1.82) is 0 Å². The predicted molar refractivity (Wildman–Crippen MR) is 49.5 cm³/mol. The lowest BCUT2D eigenvalue weighted by atomic mass is 10.1. The molecule has 1 atom stereocenters. The van der Waals surface area contributed by atoms with Gasteiger partial charge in [0, 0.05) is 18.9 Å². The highest BCUT2D eigenvalue weighted by atomic mass is 16.6. The van der Waals surface area contributed by atoms with Gasteiger partial charge in [0.1, 0.15) is 6.10 Å². The molecule has 1 aliphatic heterocycles. The maximum absolute atomic E-state index is 10.9. The topological polar surface area (TPSA) is 52.6 Å². The Morgan fingerprint density at radius 2 is 2.43 bits per heavy atom. The van der Waals surface area contributed by atoms with E-state index in [1.165, 1.54) is 6.92 Å². The molecule has 0 radical (unpaired) electrons. The molecule has 1 heterocycles. The predicted octanol–water partition coefficient (Wildman–Crippen LogP) is 1.20. The molecule has 1 fully saturated rings. The van der Waals surface area contributed by atoms with Crippen LogP contribution in [0.4, 0.5) is 0 Å². The number of carbonyl (C=O) groups excluding carboxylic acids is 2. The molecule has 0 N–H and O–H groups in total. The fraction of sp³-hybridized carbons (Fsp3) is 0.600. The van der Waals surface area contributed by atoms with Crippen LogP contribution in [0.25, 0.3) is 0 Å². The summed E-state index contributed by atoms with van der Waals surface area (Å²) < 4.78 is 9.76. The number of hydrogen-bond acceptors (Lipinski definition) is 4. The third-order valence-corrected chi connectivity index (χ3v) is 2.01. The number of carbonyl (C=O) groups is 2. The van der Waals surface area contributed by atoms with Gasteiger partial charge in [-0.25, -0.2) is 4.79 Å². The van der Waals surface area contributed by atoms with Crippen molar-refractivity contribution in [3.05, 3.63) is 12.2 Å². The Hall–Kier alpha value is -1.32. The first-order valence-electron chi connectivity index (χ1n) is 4.61. The van der Waals surface area contributed by atoms with Gasteiger partial charge in [-0.15, -0.1) is 0 Å². The van der Waals surface area contributed by atoms with Crippen molar-refractivity contribution < 1.29 is 19.1 Å². The summed E-state index contributed by atoms with van der Waals surface area (Å²) in [6.45, 7) is 5.34. The molecule has 0 bridgehead atoms. The van der Waals surface area contributed by atoms with Gasteiger partial charge in [-0.2, -0.15) is 0 Å². The summed E-state index contributed by atoms with van der Waals surface area (Å²) in [5.41, 5.74) is 0.530. The zero-order valence-corrected chi connectivity index (χ0v) is 8.25. The van der Waals surface area contributed by atoms with E-state index in [-0.39, 0.29) is 18.0 Å². The van der Waals surface area contributed by atoms with Gasteiger partial charge in [-0.05, 0) is 12.8 Å². The summed E-state index contributed by atoms with van der Waals surface area (Å²) in [6, 6.07) is 0. The van der Waals surface area contributed by atoms with Crippen LogP contribution in [0, 0.1) is 0 Å². The van der Waals surface area contributed by atoms with Gasteiger partial charge >= 0.3 is 11.9 Å². The lowest BCUT2D eigenvalue weighted by Gasteiger charge is -2.07. The highest BCUT2D eigenvalue weighted by molar-refractivity contribution is 5.89. The van der Waals surface area contributed by atoms with E-state index in [9.17, 15) is 9.59 Å². The molecule has 4 heteroatoms. The van der Waals surface area contributed by atoms with Gasteiger partial charge in [-0.1, -0.05) is 6.58 Å². The molecule has 0 aromatic heterocycles. The number of ether oxygens (including phenoxy) is 2. The molecule has 78 valence electrons. The summed E-state index contributed by atoms with van der Waals surface area (Å²) in [6.07, 6.45) is 1.95. The molecular weight excluding hydrogens is 184 g/mol. The van der Waals surface area contributed by atoms with Crippen LogP contribution in [-0.2, 0) is 19.1 Å². The molecule has 14 heavy (non-hydrogen) atoms. The SMILES string of the molecule is C=C1CC(CCCOC(C)=O)OC1=O. The molecule has 0 spiro atoms. The van der Waals surface area contributed by atoms with Crippen molar-refractivity contribution in [2.45, 2.75) is 32.3 Å². The second-order valence-corrected chi connectivity index (χ2v) is 3.32. The second-order valence-electron chi connectivity index (χ2n) is 3.32. The van der Waals surface area contributed by atoms with Crippen molar-refractivity contribution in [3.8, 4) is 0 Å². The average Bonchev–Trinajstić information content (AvgIpc) is 2.40. The van der Waals surface area contributed by atoms with E-state index in [1.54, 1.807) is 0 Å². The summed E-state index contributed by atoms with van der Waals surface area (Å²) in [5, 5.41) is 0. The third kappa shape index (κ3) is 3.20. The molecule has 4 nitrogen and oxygen atoms in total. The number of esters is 2. The fourth-order valence-electron chi connectivity index (χ4n) is 1.32. The summed E-state index contributed by atoms with van der Waals surface area (Å²) in [5.74, 6) is -0.583. The summed E-state index contributed by atoms with van der Waals surface area (Å²) >= 11 is 0. The van der Waals surface area contributed by atoms with Gasteiger partial charge in [0.25, 0.3) is 0 Å². The van der Waals surface area contributed by atoms with Crippen LogP contribution in [0.15, 0.2) is 12.2 Å². The van der Waals surface area contributed by atoms with Crippen molar-refractivity contribution in [2.24, 2.45) is 0 Å². The molecule has 0 aromatic carbocycles. The van der Waals surface area contributed by atoms with Crippen molar-refractivity contribution in [1.82, 2.24) is 0 Å². The highest BCUT2D eigenvalue weighted by Gasteiger charge is 2.26. The normalized spacial score (nSPS) is 20.8. The maximum Gasteiger partial charge on any atom is 0.333 e. The Morgan fingerprint density at radius 3 is 2.93 bits per heavy atom. The highest BCUT2D eigenvalue weighted by Crippen LogP contribution is 2.21. The van der Waals surface area contributed by atoms with Crippen LogP contribution in [0.2, 0.25) is 0 Å². The molecule has 1 unspecified atom stereocenters. The van der Waals surface area contributed by atoms with E-state index in [1.807, 2.05) is 0 Å². The minimum atomic E-state index is -0.303. The van der Waals surface area contributed by atoms with Gasteiger partial charge in [-0.3, -0.25) is 4.79 Å². The van der Waals surface area contributed by atoms with Gasteiger partial charge in [0.05, 0.1) is 6.61 Å². The van der Waals surface area contributed by atoms with Gasteiger partial charge < -0.3 is 9.47 Å². The molecule has 1 rings (SSSR count). The fourth-order valence-corrected chi connectivity index (χ4v) is 1.32. The van der Waals surface area contributed by atoms with Gasteiger partial charge in [0.15, 0.2) is 0 Å². The second kappa shape index (κ2) is 4.79. The first kappa shape index (κ1) is 10.8. The Kier molecular flexibility index (Phi) is 3.68. The molecule has 0 aliphatic carbocycles. The molecule has 0 amide bonds. The summed E-state index contributed by atoms with van der Waals surface area (Å²) in [7, 11) is 0. The van der Waals surface area contributed by atoms with Crippen molar-refractivity contribution in [2.75, 3.05) is 6.61 Å². The van der Waals surface area contributed by atoms with Crippen LogP contribution >= 0.6 is 0 Å². The molecule has 1 saturated heterocycles. The molecular formula is C10H14O4. The number of rotatable bonds is 4. The van der Waals surface area contributed by atoms with Crippen LogP contribution in [0.3, 0.4) is 0 Å². The van der Waals surface area contributed by atoms with Crippen LogP contribution in [0.1, 0.15) is 26.2 Å². The van der Waals surface area contributed by atoms with E-state index in [2.05, 4.69) is 6.58 Å². The minimum Gasteiger partial charge on any atom is -0.466 e. The van der Waals surface area contributed by atoms with E-state index >= 15 is 0 Å². The quantitative estimate of drug-likeness (QED) is 0.387. The standard InChI is InChI=1S/C10H14O4/c1-7-6-9(14-10(7)12)4-3-5-13-8(2)11/h9H,1,3-6H2,2H3. The monoisotopic (exact) mass is 198 g/mol. The Morgan fingerprint density at radius 1 is 1.71 bits per heavy atom. The lowest BCUT2D eigenvalue weighted by molar-refractivity contribution is -0.142. The van der Waals surface area contributed by atoms with E-state index in [0.29, 0.717) is 25.0 Å². The minimum absolute atomic E-state index is 0.0782. The average molecular weight is 198 g/mol. The molecule has 1 aliphatic rings. The third-order valence-electron chi connectivity index (χ3n) is 2.01. The largest absolute Gasteiger partial charge is 0.466 e.